The van der Waals surface area contributed by atoms with Gasteiger partial charge in [0.25, 0.3) is 0 Å². The van der Waals surface area contributed by atoms with Gasteiger partial charge in [0.05, 0.1) is 6.07 Å². The third-order valence-corrected chi connectivity index (χ3v) is 3.81. The van der Waals surface area contributed by atoms with Gasteiger partial charge in [0.1, 0.15) is 5.54 Å². The Bertz CT molecular complexity index is 206. The fourth-order valence-corrected chi connectivity index (χ4v) is 2.26. The number of unbranched alkanes of at least 4 members (excludes halogenated alkanes) is 1. The molecule has 0 amide bonds. The van der Waals surface area contributed by atoms with Gasteiger partial charge >= 0.3 is 0 Å². The smallest absolute Gasteiger partial charge is 0.103 e. The highest BCUT2D eigenvalue weighted by molar-refractivity contribution is 7.99. The Morgan fingerprint density at radius 2 is 2.00 bits per heavy atom. The molecule has 94 valence electrons. The van der Waals surface area contributed by atoms with Gasteiger partial charge in [-0.15, -0.1) is 0 Å². The van der Waals surface area contributed by atoms with E-state index in [4.69, 9.17) is 10.00 Å². The van der Waals surface area contributed by atoms with Crippen molar-refractivity contribution in [3.63, 3.8) is 0 Å². The molecule has 0 aliphatic heterocycles. The van der Waals surface area contributed by atoms with Crippen LogP contribution in [0.5, 0.6) is 0 Å². The molecule has 3 nitrogen and oxygen atoms in total. The molecule has 0 aliphatic carbocycles. The van der Waals surface area contributed by atoms with Gasteiger partial charge in [-0.25, -0.2) is 0 Å². The molecule has 1 unspecified atom stereocenters. The van der Waals surface area contributed by atoms with E-state index in [9.17, 15) is 0 Å². The molecule has 0 fully saturated rings. The van der Waals surface area contributed by atoms with Gasteiger partial charge in [0, 0.05) is 13.7 Å². The second kappa shape index (κ2) is 9.95. The molecule has 0 aromatic rings. The summed E-state index contributed by atoms with van der Waals surface area (Å²) in [5.41, 5.74) is -0.347. The molecular weight excluding hydrogens is 220 g/mol. The topological polar surface area (TPSA) is 45.0 Å². The molecule has 0 saturated heterocycles. The summed E-state index contributed by atoms with van der Waals surface area (Å²) < 4.78 is 4.99. The number of rotatable bonds is 10. The van der Waals surface area contributed by atoms with E-state index in [1.165, 1.54) is 17.9 Å². The van der Waals surface area contributed by atoms with Crippen LogP contribution in [0.15, 0.2) is 0 Å². The van der Waals surface area contributed by atoms with Crippen molar-refractivity contribution in [2.75, 3.05) is 32.3 Å². The number of methoxy groups -OCH3 is 1. The Labute approximate surface area is 104 Å². The molecule has 4 heteroatoms. The van der Waals surface area contributed by atoms with E-state index in [0.29, 0.717) is 0 Å². The van der Waals surface area contributed by atoms with Crippen LogP contribution < -0.4 is 5.32 Å². The van der Waals surface area contributed by atoms with Gasteiger partial charge < -0.3 is 10.1 Å². The zero-order valence-electron chi connectivity index (χ0n) is 10.7. The average molecular weight is 244 g/mol. The normalized spacial score (nSPS) is 14.4. The van der Waals surface area contributed by atoms with Gasteiger partial charge in [-0.05, 0) is 51.2 Å². The third-order valence-electron chi connectivity index (χ3n) is 2.65. The Morgan fingerprint density at radius 1 is 1.31 bits per heavy atom. The summed E-state index contributed by atoms with van der Waals surface area (Å²) in [6.07, 6.45) is 4.37. The van der Waals surface area contributed by atoms with Crippen molar-refractivity contribution in [1.29, 1.82) is 5.26 Å². The van der Waals surface area contributed by atoms with E-state index in [-0.39, 0.29) is 5.54 Å². The molecule has 1 atom stereocenters. The van der Waals surface area contributed by atoms with Crippen LogP contribution in [0.1, 0.15) is 32.6 Å². The number of ether oxygens (including phenoxy) is 1. The summed E-state index contributed by atoms with van der Waals surface area (Å²) in [4.78, 5) is 0. The molecule has 1 N–H and O–H groups in total. The standard InChI is InChI=1S/C12H24N2OS/c1-12(11-13,14-2)7-4-5-9-16-10-6-8-15-3/h14H,4-10H2,1-3H3. The predicted octanol–water partition coefficient (Wildman–Crippen LogP) is 2.43. The average Bonchev–Trinajstić information content (AvgIpc) is 2.32. The van der Waals surface area contributed by atoms with E-state index >= 15 is 0 Å². The van der Waals surface area contributed by atoms with Crippen molar-refractivity contribution in [3.05, 3.63) is 0 Å². The first-order valence-electron chi connectivity index (χ1n) is 5.85. The van der Waals surface area contributed by atoms with Gasteiger partial charge in [-0.1, -0.05) is 0 Å². The van der Waals surface area contributed by atoms with Crippen molar-refractivity contribution in [2.45, 2.75) is 38.1 Å². The molecule has 0 radical (unpaired) electrons. The van der Waals surface area contributed by atoms with Gasteiger partial charge in [-0.2, -0.15) is 17.0 Å². The lowest BCUT2D eigenvalue weighted by Crippen LogP contribution is -2.37. The van der Waals surface area contributed by atoms with Gasteiger partial charge in [0.2, 0.25) is 0 Å². The van der Waals surface area contributed by atoms with E-state index < -0.39 is 0 Å². The summed E-state index contributed by atoms with van der Waals surface area (Å²) in [6.45, 7) is 2.82. The van der Waals surface area contributed by atoms with E-state index in [1.54, 1.807) is 7.11 Å². The van der Waals surface area contributed by atoms with Crippen LogP contribution in [0, 0.1) is 11.3 Å². The maximum atomic E-state index is 8.95. The van der Waals surface area contributed by atoms with E-state index in [2.05, 4.69) is 11.4 Å². The highest BCUT2D eigenvalue weighted by Gasteiger charge is 2.19. The predicted molar refractivity (Wildman–Crippen MR) is 70.7 cm³/mol. The highest BCUT2D eigenvalue weighted by Crippen LogP contribution is 2.14. The molecule has 0 bridgehead atoms. The Morgan fingerprint density at radius 3 is 2.56 bits per heavy atom. The number of nitrogens with zero attached hydrogens (tertiary/aromatic N) is 1. The fourth-order valence-electron chi connectivity index (χ4n) is 1.33. The summed E-state index contributed by atoms with van der Waals surface area (Å²) in [6, 6.07) is 2.31. The summed E-state index contributed by atoms with van der Waals surface area (Å²) >= 11 is 1.98. The first-order chi connectivity index (χ1) is 7.68. The molecule has 0 saturated carbocycles. The van der Waals surface area contributed by atoms with Crippen LogP contribution in [0.25, 0.3) is 0 Å². The van der Waals surface area contributed by atoms with Crippen LogP contribution in [0.4, 0.5) is 0 Å². The number of nitrogens with one attached hydrogen (secondary N) is 1. The molecule has 0 rings (SSSR count). The Balaban J connectivity index is 3.30. The minimum atomic E-state index is -0.347. The minimum absolute atomic E-state index is 0.347. The Kier molecular flexibility index (Phi) is 9.80. The molecule has 0 aromatic heterocycles. The van der Waals surface area contributed by atoms with Crippen molar-refractivity contribution in [1.82, 2.24) is 5.32 Å². The molecule has 0 heterocycles. The van der Waals surface area contributed by atoms with E-state index in [0.717, 1.165) is 25.9 Å². The summed E-state index contributed by atoms with van der Waals surface area (Å²) in [5, 5.41) is 12.0. The van der Waals surface area contributed by atoms with Crippen molar-refractivity contribution >= 4 is 11.8 Å². The van der Waals surface area contributed by atoms with Gasteiger partial charge in [0.15, 0.2) is 0 Å². The first-order valence-corrected chi connectivity index (χ1v) is 7.01. The summed E-state index contributed by atoms with van der Waals surface area (Å²) in [7, 11) is 3.59. The monoisotopic (exact) mass is 244 g/mol. The zero-order valence-corrected chi connectivity index (χ0v) is 11.5. The molecule has 0 spiro atoms. The number of hydrogen-bond donors (Lipinski definition) is 1. The van der Waals surface area contributed by atoms with Crippen LogP contribution >= 0.6 is 11.8 Å². The second-order valence-electron chi connectivity index (χ2n) is 4.11. The number of nitriles is 1. The number of hydrogen-bond acceptors (Lipinski definition) is 4. The maximum absolute atomic E-state index is 8.95. The lowest BCUT2D eigenvalue weighted by atomic mass is 9.97. The zero-order chi connectivity index (χ0) is 12.3. The van der Waals surface area contributed by atoms with Crippen LogP contribution in [-0.4, -0.2) is 37.8 Å². The lowest BCUT2D eigenvalue weighted by molar-refractivity contribution is 0.200. The van der Waals surface area contributed by atoms with Crippen LogP contribution in [-0.2, 0) is 4.74 Å². The summed E-state index contributed by atoms with van der Waals surface area (Å²) in [5.74, 6) is 2.37. The number of thioether (sulfide) groups is 1. The molecular formula is C12H24N2OS. The fraction of sp³-hybridized carbons (Fsp3) is 0.917. The van der Waals surface area contributed by atoms with Crippen molar-refractivity contribution < 1.29 is 4.74 Å². The molecule has 16 heavy (non-hydrogen) atoms. The van der Waals surface area contributed by atoms with Crippen LogP contribution in [0.3, 0.4) is 0 Å². The first kappa shape index (κ1) is 15.8. The third kappa shape index (κ3) is 7.98. The largest absolute Gasteiger partial charge is 0.385 e. The highest BCUT2D eigenvalue weighted by atomic mass is 32.2. The second-order valence-corrected chi connectivity index (χ2v) is 5.33. The van der Waals surface area contributed by atoms with Crippen molar-refractivity contribution in [2.24, 2.45) is 0 Å². The molecule has 0 aliphatic rings. The quantitative estimate of drug-likeness (QED) is 0.600. The maximum Gasteiger partial charge on any atom is 0.103 e. The van der Waals surface area contributed by atoms with Crippen LogP contribution in [0.2, 0.25) is 0 Å². The lowest BCUT2D eigenvalue weighted by Gasteiger charge is -2.20. The SMILES string of the molecule is CNC(C)(C#N)CCCCSCCCOC. The minimum Gasteiger partial charge on any atom is -0.385 e. The molecule has 0 aromatic carbocycles. The van der Waals surface area contributed by atoms with Gasteiger partial charge in [-0.3, -0.25) is 0 Å². The Hall–Kier alpha value is -0.240. The van der Waals surface area contributed by atoms with Crippen molar-refractivity contribution in [3.8, 4) is 6.07 Å². The van der Waals surface area contributed by atoms with E-state index in [1.807, 2.05) is 25.7 Å².